The van der Waals surface area contributed by atoms with Gasteiger partial charge in [0.15, 0.2) is 0 Å². The van der Waals surface area contributed by atoms with Crippen molar-refractivity contribution in [1.82, 2.24) is 0 Å². The van der Waals surface area contributed by atoms with E-state index in [0.717, 1.165) is 18.4 Å². The number of anilines is 1. The second kappa shape index (κ2) is 3.67. The maximum Gasteiger partial charge on any atom is 0.110 e. The molecule has 1 saturated carbocycles. The monoisotopic (exact) mass is 267 g/mol. The molecule has 1 aromatic carbocycles. The van der Waals surface area contributed by atoms with Crippen LogP contribution >= 0.6 is 0 Å². The number of fused-ring (bicyclic) bond motifs is 2. The Kier molecular flexibility index (Phi) is 2.09. The van der Waals surface area contributed by atoms with Crippen LogP contribution in [0.5, 0.6) is 0 Å². The molecule has 2 bridgehead atoms. The van der Waals surface area contributed by atoms with Crippen molar-refractivity contribution in [2.45, 2.75) is 43.9 Å². The summed E-state index contributed by atoms with van der Waals surface area (Å²) < 4.78 is 6.42. The van der Waals surface area contributed by atoms with Crippen LogP contribution in [-0.2, 0) is 4.74 Å². The third-order valence-electron chi connectivity index (χ3n) is 6.01. The van der Waals surface area contributed by atoms with Gasteiger partial charge in [-0.2, -0.15) is 0 Å². The molecule has 20 heavy (non-hydrogen) atoms. The summed E-state index contributed by atoms with van der Waals surface area (Å²) in [5, 5.41) is 0. The van der Waals surface area contributed by atoms with Gasteiger partial charge in [-0.1, -0.05) is 36.3 Å². The molecule has 5 unspecified atom stereocenters. The minimum absolute atomic E-state index is 0.0330. The van der Waals surface area contributed by atoms with Crippen LogP contribution in [0.4, 0.5) is 5.69 Å². The second-order valence-electron chi connectivity index (χ2n) is 7.05. The lowest BCUT2D eigenvalue weighted by Gasteiger charge is -2.37. The fraction of sp³-hybridized carbons (Fsp3) is 0.556. The van der Waals surface area contributed by atoms with Gasteiger partial charge >= 0.3 is 0 Å². The van der Waals surface area contributed by atoms with Gasteiger partial charge < -0.3 is 9.64 Å². The molecule has 0 N–H and O–H groups in total. The molecule has 1 spiro atoms. The average molecular weight is 267 g/mol. The van der Waals surface area contributed by atoms with Crippen LogP contribution < -0.4 is 4.90 Å². The zero-order valence-electron chi connectivity index (χ0n) is 12.0. The lowest BCUT2D eigenvalue weighted by molar-refractivity contribution is 0.0319. The van der Waals surface area contributed by atoms with E-state index in [9.17, 15) is 0 Å². The highest BCUT2D eigenvalue weighted by Crippen LogP contribution is 2.58. The molecule has 1 aromatic rings. The predicted octanol–water partition coefficient (Wildman–Crippen LogP) is 3.31. The zero-order valence-corrected chi connectivity index (χ0v) is 12.0. The summed E-state index contributed by atoms with van der Waals surface area (Å²) in [6, 6.07) is 9.72. The van der Waals surface area contributed by atoms with Gasteiger partial charge in [0.25, 0.3) is 0 Å². The van der Waals surface area contributed by atoms with Crippen molar-refractivity contribution >= 4 is 5.69 Å². The quantitative estimate of drug-likeness (QED) is 0.724. The standard InChI is InChI=1S/C18H21NO/c1-12-5-7-13(8-6-12)19-11-18-10-9-16(20-18)14-3-2-4-15(19)17(14)18/h5-10,14-17H,2-4,11H2,1H3. The summed E-state index contributed by atoms with van der Waals surface area (Å²) in [5.41, 5.74) is 2.75. The van der Waals surface area contributed by atoms with E-state index in [2.05, 4.69) is 48.2 Å². The van der Waals surface area contributed by atoms with Crippen LogP contribution in [-0.4, -0.2) is 24.3 Å². The molecule has 2 saturated heterocycles. The van der Waals surface area contributed by atoms with Gasteiger partial charge in [-0.3, -0.25) is 0 Å². The Hall–Kier alpha value is -1.28. The minimum atomic E-state index is 0.0330. The average Bonchev–Trinajstić information content (AvgIpc) is 3.12. The number of nitrogens with zero attached hydrogens (tertiary/aromatic N) is 1. The van der Waals surface area contributed by atoms with Crippen LogP contribution in [0.15, 0.2) is 36.4 Å². The summed E-state index contributed by atoms with van der Waals surface area (Å²) in [7, 11) is 0. The molecule has 5 rings (SSSR count). The largest absolute Gasteiger partial charge is 0.365 e. The molecular weight excluding hydrogens is 246 g/mol. The van der Waals surface area contributed by atoms with Gasteiger partial charge in [-0.25, -0.2) is 0 Å². The number of hydrogen-bond acceptors (Lipinski definition) is 2. The SMILES string of the molecule is Cc1ccc(N2CC34C=CC(O3)C3CCCC2C34)cc1. The zero-order chi connectivity index (χ0) is 13.3. The Morgan fingerprint density at radius 2 is 2.05 bits per heavy atom. The van der Waals surface area contributed by atoms with E-state index in [1.807, 2.05) is 0 Å². The van der Waals surface area contributed by atoms with E-state index in [-0.39, 0.29) is 5.60 Å². The van der Waals surface area contributed by atoms with Crippen LogP contribution in [0.3, 0.4) is 0 Å². The first-order chi connectivity index (χ1) is 9.77. The Balaban J connectivity index is 1.57. The Morgan fingerprint density at radius 1 is 1.20 bits per heavy atom. The van der Waals surface area contributed by atoms with Gasteiger partial charge in [0, 0.05) is 17.6 Å². The van der Waals surface area contributed by atoms with Crippen molar-refractivity contribution in [2.24, 2.45) is 11.8 Å². The molecule has 3 heterocycles. The maximum absolute atomic E-state index is 6.42. The van der Waals surface area contributed by atoms with E-state index in [1.165, 1.54) is 30.5 Å². The highest BCUT2D eigenvalue weighted by Gasteiger charge is 2.65. The normalized spacial score (nSPS) is 44.1. The maximum atomic E-state index is 6.42. The lowest BCUT2D eigenvalue weighted by Crippen LogP contribution is -2.41. The molecular formula is C18H21NO. The van der Waals surface area contributed by atoms with Gasteiger partial charge in [0.1, 0.15) is 5.60 Å². The molecule has 2 heteroatoms. The summed E-state index contributed by atoms with van der Waals surface area (Å²) in [4.78, 5) is 2.63. The second-order valence-corrected chi connectivity index (χ2v) is 7.05. The smallest absolute Gasteiger partial charge is 0.110 e. The third kappa shape index (κ3) is 1.28. The number of hydrogen-bond donors (Lipinski definition) is 0. The summed E-state index contributed by atoms with van der Waals surface area (Å²) in [6.07, 6.45) is 9.19. The first kappa shape index (κ1) is 11.4. The third-order valence-corrected chi connectivity index (χ3v) is 6.01. The number of rotatable bonds is 1. The van der Waals surface area contributed by atoms with Gasteiger partial charge in [-0.15, -0.1) is 0 Å². The number of aryl methyl sites for hydroxylation is 1. The van der Waals surface area contributed by atoms with E-state index in [1.54, 1.807) is 0 Å². The molecule has 3 fully saturated rings. The summed E-state index contributed by atoms with van der Waals surface area (Å²) in [5.74, 6) is 1.50. The fourth-order valence-corrected chi connectivity index (χ4v) is 5.22. The van der Waals surface area contributed by atoms with Gasteiger partial charge in [0.2, 0.25) is 0 Å². The molecule has 4 aliphatic rings. The predicted molar refractivity (Wildman–Crippen MR) is 79.9 cm³/mol. The highest BCUT2D eigenvalue weighted by atomic mass is 16.5. The van der Waals surface area contributed by atoms with Crippen molar-refractivity contribution in [1.29, 1.82) is 0 Å². The van der Waals surface area contributed by atoms with Gasteiger partial charge in [-0.05, 0) is 37.8 Å². The van der Waals surface area contributed by atoms with E-state index in [4.69, 9.17) is 4.74 Å². The highest BCUT2D eigenvalue weighted by molar-refractivity contribution is 5.53. The molecule has 0 amide bonds. The van der Waals surface area contributed by atoms with Crippen LogP contribution in [0.25, 0.3) is 0 Å². The van der Waals surface area contributed by atoms with Crippen molar-refractivity contribution < 1.29 is 4.74 Å². The lowest BCUT2D eigenvalue weighted by atomic mass is 9.68. The topological polar surface area (TPSA) is 12.5 Å². The van der Waals surface area contributed by atoms with E-state index in [0.29, 0.717) is 12.1 Å². The first-order valence-corrected chi connectivity index (χ1v) is 7.97. The Bertz CT molecular complexity index is 578. The van der Waals surface area contributed by atoms with Crippen molar-refractivity contribution in [3.63, 3.8) is 0 Å². The molecule has 1 aliphatic carbocycles. The molecule has 5 atom stereocenters. The number of ether oxygens (including phenoxy) is 1. The van der Waals surface area contributed by atoms with Crippen LogP contribution in [0, 0.1) is 18.8 Å². The molecule has 2 nitrogen and oxygen atoms in total. The van der Waals surface area contributed by atoms with E-state index < -0.39 is 0 Å². The Morgan fingerprint density at radius 3 is 2.90 bits per heavy atom. The molecule has 0 radical (unpaired) electrons. The molecule has 104 valence electrons. The Labute approximate surface area is 120 Å². The fourth-order valence-electron chi connectivity index (χ4n) is 5.22. The van der Waals surface area contributed by atoms with E-state index >= 15 is 0 Å². The van der Waals surface area contributed by atoms with Crippen LogP contribution in [0.2, 0.25) is 0 Å². The van der Waals surface area contributed by atoms with Crippen LogP contribution in [0.1, 0.15) is 24.8 Å². The molecule has 3 aliphatic heterocycles. The van der Waals surface area contributed by atoms with Crippen molar-refractivity contribution in [3.05, 3.63) is 42.0 Å². The summed E-state index contributed by atoms with van der Waals surface area (Å²) >= 11 is 0. The summed E-state index contributed by atoms with van der Waals surface area (Å²) in [6.45, 7) is 3.21. The van der Waals surface area contributed by atoms with Crippen molar-refractivity contribution in [2.75, 3.05) is 11.4 Å². The minimum Gasteiger partial charge on any atom is -0.365 e. The molecule has 0 aromatic heterocycles. The van der Waals surface area contributed by atoms with Crippen molar-refractivity contribution in [3.8, 4) is 0 Å². The first-order valence-electron chi connectivity index (χ1n) is 7.97. The number of benzene rings is 1. The van der Waals surface area contributed by atoms with Gasteiger partial charge in [0.05, 0.1) is 12.6 Å².